The van der Waals surface area contributed by atoms with Crippen LogP contribution in [0.4, 0.5) is 5.69 Å². The molecule has 6 nitrogen and oxygen atoms in total. The van der Waals surface area contributed by atoms with E-state index in [1.54, 1.807) is 4.68 Å². The lowest BCUT2D eigenvalue weighted by molar-refractivity contribution is -0.113. The summed E-state index contributed by atoms with van der Waals surface area (Å²) >= 11 is 1.32. The Morgan fingerprint density at radius 3 is 2.88 bits per heavy atom. The molecule has 1 aliphatic rings. The van der Waals surface area contributed by atoms with Gasteiger partial charge in [-0.25, -0.2) is 4.68 Å². The number of carbonyl (C=O) groups is 1. The normalized spacial score (nSPS) is 15.2. The predicted molar refractivity (Wildman–Crippen MR) is 101 cm³/mol. The SMILES string of the molecule is CCc1cccc(NC(=O)CSc2nnc(C3CCCCC3)n2N)c1. The molecule has 3 rings (SSSR count). The van der Waals surface area contributed by atoms with Gasteiger partial charge in [-0.05, 0) is 37.0 Å². The van der Waals surface area contributed by atoms with Crippen LogP contribution in [0.15, 0.2) is 29.4 Å². The number of nitrogens with zero attached hydrogens (tertiary/aromatic N) is 3. The van der Waals surface area contributed by atoms with Crippen LogP contribution in [0, 0.1) is 0 Å². The Kier molecular flexibility index (Phi) is 5.96. The van der Waals surface area contributed by atoms with E-state index in [1.165, 1.54) is 36.6 Å². The van der Waals surface area contributed by atoms with Gasteiger partial charge in [0.1, 0.15) is 0 Å². The number of nitrogens with two attached hydrogens (primary N) is 1. The van der Waals surface area contributed by atoms with Crippen molar-refractivity contribution in [1.82, 2.24) is 14.9 Å². The number of nitrogens with one attached hydrogen (secondary N) is 1. The van der Waals surface area contributed by atoms with Crippen LogP contribution in [0.3, 0.4) is 0 Å². The van der Waals surface area contributed by atoms with E-state index in [1.807, 2.05) is 24.3 Å². The molecule has 3 N–H and O–H groups in total. The standard InChI is InChI=1S/C18H25N5OS/c1-2-13-7-6-10-15(11-13)20-16(24)12-25-18-22-21-17(23(18)19)14-8-4-3-5-9-14/h6-7,10-11,14H,2-5,8-9,12,19H2,1H3,(H,20,24). The van der Waals surface area contributed by atoms with Crippen LogP contribution >= 0.6 is 11.8 Å². The van der Waals surface area contributed by atoms with Crippen LogP contribution < -0.4 is 11.2 Å². The van der Waals surface area contributed by atoms with E-state index in [4.69, 9.17) is 5.84 Å². The zero-order valence-corrected chi connectivity index (χ0v) is 15.4. The molecule has 134 valence electrons. The highest BCUT2D eigenvalue weighted by Gasteiger charge is 2.22. The Morgan fingerprint density at radius 2 is 2.12 bits per heavy atom. The molecule has 0 unspecified atom stereocenters. The molecule has 0 aliphatic heterocycles. The Hall–Kier alpha value is -2.02. The molecule has 0 bridgehead atoms. The third-order valence-corrected chi connectivity index (χ3v) is 5.56. The molecule has 2 aromatic rings. The summed E-state index contributed by atoms with van der Waals surface area (Å²) in [4.78, 5) is 12.2. The van der Waals surface area contributed by atoms with Crippen molar-refractivity contribution in [2.24, 2.45) is 0 Å². The van der Waals surface area contributed by atoms with Gasteiger partial charge in [-0.2, -0.15) is 0 Å². The summed E-state index contributed by atoms with van der Waals surface area (Å²) in [7, 11) is 0. The van der Waals surface area contributed by atoms with Crippen molar-refractivity contribution in [2.75, 3.05) is 16.9 Å². The number of amides is 1. The van der Waals surface area contributed by atoms with Gasteiger partial charge in [-0.15, -0.1) is 10.2 Å². The Morgan fingerprint density at radius 1 is 1.32 bits per heavy atom. The number of aromatic nitrogens is 3. The van der Waals surface area contributed by atoms with Crippen LogP contribution in [-0.4, -0.2) is 26.5 Å². The summed E-state index contributed by atoms with van der Waals surface area (Å²) in [6, 6.07) is 7.90. The molecule has 1 aromatic heterocycles. The van der Waals surface area contributed by atoms with Crippen molar-refractivity contribution >= 4 is 23.4 Å². The van der Waals surface area contributed by atoms with E-state index in [0.717, 1.165) is 30.8 Å². The number of thioether (sulfide) groups is 1. The van der Waals surface area contributed by atoms with Crippen molar-refractivity contribution in [3.63, 3.8) is 0 Å². The molecule has 0 spiro atoms. The summed E-state index contributed by atoms with van der Waals surface area (Å²) in [6.07, 6.45) is 6.91. The van der Waals surface area contributed by atoms with Crippen LogP contribution in [0.25, 0.3) is 0 Å². The quantitative estimate of drug-likeness (QED) is 0.610. The first-order valence-electron chi connectivity index (χ1n) is 8.89. The fraction of sp³-hybridized carbons (Fsp3) is 0.500. The maximum absolute atomic E-state index is 12.2. The smallest absolute Gasteiger partial charge is 0.234 e. The van der Waals surface area contributed by atoms with Gasteiger partial charge in [0, 0.05) is 11.6 Å². The van der Waals surface area contributed by atoms with Crippen molar-refractivity contribution < 1.29 is 4.79 Å². The average molecular weight is 359 g/mol. The molecular formula is C18H25N5OS. The van der Waals surface area contributed by atoms with Crippen LogP contribution in [0.5, 0.6) is 0 Å². The molecule has 1 heterocycles. The van der Waals surface area contributed by atoms with Gasteiger partial charge in [-0.1, -0.05) is 50.1 Å². The molecule has 7 heteroatoms. The molecule has 25 heavy (non-hydrogen) atoms. The Labute approximate surface area is 152 Å². The lowest BCUT2D eigenvalue weighted by Gasteiger charge is -2.20. The summed E-state index contributed by atoms with van der Waals surface area (Å²) in [5.74, 6) is 7.58. The fourth-order valence-electron chi connectivity index (χ4n) is 3.22. The minimum atomic E-state index is -0.0690. The molecule has 1 aliphatic carbocycles. The highest BCUT2D eigenvalue weighted by Crippen LogP contribution is 2.32. The van der Waals surface area contributed by atoms with Crippen molar-refractivity contribution in [3.05, 3.63) is 35.7 Å². The average Bonchev–Trinajstić information content (AvgIpc) is 3.01. The van der Waals surface area contributed by atoms with Crippen molar-refractivity contribution in [2.45, 2.75) is 56.5 Å². The number of aryl methyl sites for hydroxylation is 1. The second-order valence-electron chi connectivity index (χ2n) is 6.44. The van der Waals surface area contributed by atoms with E-state index >= 15 is 0 Å². The third-order valence-electron chi connectivity index (χ3n) is 4.61. The number of nitrogen functional groups attached to an aromatic ring is 1. The summed E-state index contributed by atoms with van der Waals surface area (Å²) < 4.78 is 1.56. The summed E-state index contributed by atoms with van der Waals surface area (Å²) in [5.41, 5.74) is 2.02. The molecule has 1 aromatic carbocycles. The van der Waals surface area contributed by atoms with Gasteiger partial charge in [-0.3, -0.25) is 4.79 Å². The third kappa shape index (κ3) is 4.54. The van der Waals surface area contributed by atoms with E-state index in [9.17, 15) is 4.79 Å². The molecule has 0 atom stereocenters. The van der Waals surface area contributed by atoms with Gasteiger partial charge in [0.25, 0.3) is 0 Å². The highest BCUT2D eigenvalue weighted by molar-refractivity contribution is 7.99. The Bertz CT molecular complexity index is 724. The number of carbonyl (C=O) groups excluding carboxylic acids is 1. The highest BCUT2D eigenvalue weighted by atomic mass is 32.2. The molecule has 0 radical (unpaired) electrons. The lowest BCUT2D eigenvalue weighted by atomic mass is 9.89. The van der Waals surface area contributed by atoms with Gasteiger partial charge < -0.3 is 11.2 Å². The van der Waals surface area contributed by atoms with Gasteiger partial charge in [0.15, 0.2) is 5.82 Å². The maximum Gasteiger partial charge on any atom is 0.234 e. The van der Waals surface area contributed by atoms with E-state index in [-0.39, 0.29) is 11.7 Å². The minimum absolute atomic E-state index is 0.0690. The van der Waals surface area contributed by atoms with Gasteiger partial charge in [0.2, 0.25) is 11.1 Å². The second kappa shape index (κ2) is 8.38. The van der Waals surface area contributed by atoms with Gasteiger partial charge in [0.05, 0.1) is 5.75 Å². The van der Waals surface area contributed by atoms with Crippen molar-refractivity contribution in [3.8, 4) is 0 Å². The zero-order chi connectivity index (χ0) is 17.6. The maximum atomic E-state index is 12.2. The van der Waals surface area contributed by atoms with E-state index in [2.05, 4.69) is 22.4 Å². The second-order valence-corrected chi connectivity index (χ2v) is 7.38. The first kappa shape index (κ1) is 17.8. The lowest BCUT2D eigenvalue weighted by Crippen LogP contribution is -2.19. The number of hydrogen-bond donors (Lipinski definition) is 2. The molecular weight excluding hydrogens is 334 g/mol. The first-order valence-corrected chi connectivity index (χ1v) is 9.88. The minimum Gasteiger partial charge on any atom is -0.336 e. The van der Waals surface area contributed by atoms with Crippen LogP contribution in [0.2, 0.25) is 0 Å². The van der Waals surface area contributed by atoms with E-state index < -0.39 is 0 Å². The van der Waals surface area contributed by atoms with Crippen LogP contribution in [0.1, 0.15) is 56.3 Å². The molecule has 1 saturated carbocycles. The number of hydrogen-bond acceptors (Lipinski definition) is 5. The summed E-state index contributed by atoms with van der Waals surface area (Å²) in [5, 5.41) is 11.9. The first-order chi connectivity index (χ1) is 12.2. The summed E-state index contributed by atoms with van der Waals surface area (Å²) in [6.45, 7) is 2.09. The molecule has 1 amide bonds. The predicted octanol–water partition coefficient (Wildman–Crippen LogP) is 3.33. The Balaban J connectivity index is 1.56. The topological polar surface area (TPSA) is 85.8 Å². The largest absolute Gasteiger partial charge is 0.336 e. The fourth-order valence-corrected chi connectivity index (χ4v) is 3.89. The molecule has 0 saturated heterocycles. The number of rotatable bonds is 6. The molecule has 1 fully saturated rings. The monoisotopic (exact) mass is 359 g/mol. The van der Waals surface area contributed by atoms with E-state index in [0.29, 0.717) is 11.1 Å². The number of anilines is 1. The van der Waals surface area contributed by atoms with Crippen molar-refractivity contribution in [1.29, 1.82) is 0 Å². The number of benzene rings is 1. The van der Waals surface area contributed by atoms with Crippen LogP contribution in [-0.2, 0) is 11.2 Å². The zero-order valence-electron chi connectivity index (χ0n) is 14.6. The van der Waals surface area contributed by atoms with Gasteiger partial charge >= 0.3 is 0 Å².